The highest BCUT2D eigenvalue weighted by Crippen LogP contribution is 2.29. The average molecular weight is 409 g/mol. The van der Waals surface area contributed by atoms with Gasteiger partial charge in [-0.2, -0.15) is 0 Å². The highest BCUT2D eigenvalue weighted by molar-refractivity contribution is 5.99. The van der Waals surface area contributed by atoms with Crippen molar-refractivity contribution in [2.45, 2.75) is 83.7 Å². The van der Waals surface area contributed by atoms with Gasteiger partial charge in [0.05, 0.1) is 22.5 Å². The van der Waals surface area contributed by atoms with Crippen LogP contribution in [0.4, 0.5) is 10.1 Å². The number of halogens is 1. The van der Waals surface area contributed by atoms with E-state index in [9.17, 15) is 19.1 Å². The molecular formula is C21H33FN4O3. The van der Waals surface area contributed by atoms with Gasteiger partial charge in [-0.15, -0.1) is 0 Å². The highest BCUT2D eigenvalue weighted by Gasteiger charge is 2.30. The van der Waals surface area contributed by atoms with Crippen LogP contribution in [0.2, 0.25) is 0 Å². The maximum Gasteiger partial charge on any atom is 0.252 e. The van der Waals surface area contributed by atoms with E-state index in [1.807, 2.05) is 13.8 Å². The molecule has 29 heavy (non-hydrogen) atoms. The first-order valence-corrected chi connectivity index (χ1v) is 10.2. The molecule has 5 N–H and O–H groups in total. The summed E-state index contributed by atoms with van der Waals surface area (Å²) in [4.78, 5) is 28.4. The van der Waals surface area contributed by atoms with Gasteiger partial charge in [0.2, 0.25) is 5.91 Å². The molecule has 1 saturated carbocycles. The molecule has 2 rings (SSSR count). The number of pyridine rings is 1. The molecule has 1 fully saturated rings. The Bertz CT molecular complexity index is 725. The molecule has 1 aliphatic carbocycles. The zero-order valence-electron chi connectivity index (χ0n) is 17.7. The van der Waals surface area contributed by atoms with E-state index in [1.54, 1.807) is 6.07 Å². The van der Waals surface area contributed by atoms with Crippen molar-refractivity contribution >= 4 is 17.5 Å². The molecule has 0 spiro atoms. The summed E-state index contributed by atoms with van der Waals surface area (Å²) in [6.07, 6.45) is 2.78. The number of primary amides is 1. The molecular weight excluding hydrogens is 375 g/mol. The summed E-state index contributed by atoms with van der Waals surface area (Å²) in [6.45, 7) is 6.63. The molecule has 162 valence electrons. The SMILES string of the molecule is CC(C)NC(=O)C1CCC(Nc2ccnc(C[C@@H](F)C(C)(C)O)c2C(N)=O)CC1. The standard InChI is InChI=1S/C21H33FN4O3/c1-12(2)25-20(28)13-5-7-14(8-6-13)26-15-9-10-24-16(18(15)19(23)27)11-17(22)21(3,4)29/h9-10,12-14,17,29H,5-8,11H2,1-4H3,(H2,23,27)(H,24,26)(H,25,28)/t13?,14?,17-/m1/s1. The van der Waals surface area contributed by atoms with Crippen LogP contribution in [-0.2, 0) is 11.2 Å². The van der Waals surface area contributed by atoms with Crippen LogP contribution in [0.3, 0.4) is 0 Å². The number of aliphatic hydroxyl groups is 1. The Kier molecular flexibility index (Phi) is 7.57. The van der Waals surface area contributed by atoms with E-state index in [0.717, 1.165) is 25.7 Å². The van der Waals surface area contributed by atoms with E-state index >= 15 is 0 Å². The van der Waals surface area contributed by atoms with Crippen molar-refractivity contribution in [3.05, 3.63) is 23.5 Å². The Morgan fingerprint density at radius 1 is 1.31 bits per heavy atom. The maximum absolute atomic E-state index is 14.3. The lowest BCUT2D eigenvalue weighted by molar-refractivity contribution is -0.126. The number of anilines is 1. The van der Waals surface area contributed by atoms with Crippen LogP contribution in [0.5, 0.6) is 0 Å². The number of carbonyl (C=O) groups excluding carboxylic acids is 2. The fourth-order valence-electron chi connectivity index (χ4n) is 3.60. The first-order valence-electron chi connectivity index (χ1n) is 10.2. The van der Waals surface area contributed by atoms with Crippen molar-refractivity contribution < 1.29 is 19.1 Å². The van der Waals surface area contributed by atoms with Gasteiger partial charge in [-0.3, -0.25) is 14.6 Å². The number of amides is 2. The van der Waals surface area contributed by atoms with E-state index in [2.05, 4.69) is 15.6 Å². The second-order valence-electron chi connectivity index (χ2n) is 8.73. The van der Waals surface area contributed by atoms with Crippen LogP contribution in [-0.4, -0.2) is 45.8 Å². The summed E-state index contributed by atoms with van der Waals surface area (Å²) >= 11 is 0. The van der Waals surface area contributed by atoms with Gasteiger partial charge >= 0.3 is 0 Å². The topological polar surface area (TPSA) is 117 Å². The van der Waals surface area contributed by atoms with Crippen LogP contribution < -0.4 is 16.4 Å². The first kappa shape index (κ1) is 23.1. The fraction of sp³-hybridized carbons (Fsp3) is 0.667. The monoisotopic (exact) mass is 408 g/mol. The molecule has 0 saturated heterocycles. The van der Waals surface area contributed by atoms with Crippen LogP contribution in [0.1, 0.15) is 69.4 Å². The van der Waals surface area contributed by atoms with E-state index in [0.29, 0.717) is 5.69 Å². The van der Waals surface area contributed by atoms with Gasteiger partial charge in [-0.05, 0) is 59.4 Å². The summed E-state index contributed by atoms with van der Waals surface area (Å²) in [5, 5.41) is 16.1. The number of carbonyl (C=O) groups is 2. The molecule has 0 bridgehead atoms. The fourth-order valence-corrected chi connectivity index (χ4v) is 3.60. The second-order valence-corrected chi connectivity index (χ2v) is 8.73. The number of alkyl halides is 1. The number of rotatable bonds is 8. The lowest BCUT2D eigenvalue weighted by Crippen LogP contribution is -2.39. The van der Waals surface area contributed by atoms with Crippen molar-refractivity contribution in [3.63, 3.8) is 0 Å². The molecule has 2 amide bonds. The molecule has 1 aromatic heterocycles. The van der Waals surface area contributed by atoms with Gasteiger partial charge in [0.25, 0.3) is 5.91 Å². The third kappa shape index (κ3) is 6.39. The molecule has 8 heteroatoms. The molecule has 0 unspecified atom stereocenters. The van der Waals surface area contributed by atoms with Gasteiger partial charge in [0.1, 0.15) is 6.17 Å². The minimum atomic E-state index is -1.58. The third-order valence-electron chi connectivity index (χ3n) is 5.30. The minimum absolute atomic E-state index is 0.00172. The number of nitrogens with zero attached hydrogens (tertiary/aromatic N) is 1. The number of hydrogen-bond acceptors (Lipinski definition) is 5. The van der Waals surface area contributed by atoms with E-state index in [4.69, 9.17) is 5.73 Å². The van der Waals surface area contributed by atoms with Crippen LogP contribution in [0.25, 0.3) is 0 Å². The highest BCUT2D eigenvalue weighted by atomic mass is 19.1. The van der Waals surface area contributed by atoms with Gasteiger partial charge in [0, 0.05) is 30.6 Å². The second kappa shape index (κ2) is 9.52. The Morgan fingerprint density at radius 2 is 1.93 bits per heavy atom. The molecule has 1 aromatic rings. The van der Waals surface area contributed by atoms with Gasteiger partial charge in [-0.1, -0.05) is 0 Å². The van der Waals surface area contributed by atoms with E-state index in [-0.39, 0.29) is 41.6 Å². The summed E-state index contributed by atoms with van der Waals surface area (Å²) < 4.78 is 14.3. The number of nitrogens with one attached hydrogen (secondary N) is 2. The quantitative estimate of drug-likeness (QED) is 0.527. The number of aromatic nitrogens is 1. The van der Waals surface area contributed by atoms with Gasteiger partial charge < -0.3 is 21.5 Å². The lowest BCUT2D eigenvalue weighted by Gasteiger charge is -2.30. The number of nitrogens with two attached hydrogens (primary N) is 1. The van der Waals surface area contributed by atoms with E-state index in [1.165, 1.54) is 20.0 Å². The molecule has 1 heterocycles. The van der Waals surface area contributed by atoms with Gasteiger partial charge in [0.15, 0.2) is 0 Å². The van der Waals surface area contributed by atoms with Crippen LogP contribution in [0, 0.1) is 5.92 Å². The maximum atomic E-state index is 14.3. The minimum Gasteiger partial charge on any atom is -0.387 e. The Hall–Kier alpha value is -2.22. The molecule has 1 aliphatic rings. The van der Waals surface area contributed by atoms with Crippen molar-refractivity contribution in [2.24, 2.45) is 11.7 Å². The van der Waals surface area contributed by atoms with Crippen LogP contribution >= 0.6 is 0 Å². The lowest BCUT2D eigenvalue weighted by atomic mass is 9.85. The van der Waals surface area contributed by atoms with Crippen molar-refractivity contribution in [1.82, 2.24) is 10.3 Å². The zero-order valence-corrected chi connectivity index (χ0v) is 17.7. The molecule has 0 aromatic carbocycles. The predicted octanol–water partition coefficient (Wildman–Crippen LogP) is 2.33. The normalized spacial score (nSPS) is 20.9. The predicted molar refractivity (Wildman–Crippen MR) is 110 cm³/mol. The molecule has 0 radical (unpaired) electrons. The van der Waals surface area contributed by atoms with Gasteiger partial charge in [-0.25, -0.2) is 4.39 Å². The Morgan fingerprint density at radius 3 is 2.45 bits per heavy atom. The van der Waals surface area contributed by atoms with Crippen molar-refractivity contribution in [3.8, 4) is 0 Å². The zero-order chi connectivity index (χ0) is 21.8. The summed E-state index contributed by atoms with van der Waals surface area (Å²) in [7, 11) is 0. The van der Waals surface area contributed by atoms with Crippen LogP contribution in [0.15, 0.2) is 12.3 Å². The van der Waals surface area contributed by atoms with E-state index < -0.39 is 17.7 Å². The first-order chi connectivity index (χ1) is 13.5. The molecule has 0 aliphatic heterocycles. The molecule has 7 nitrogen and oxygen atoms in total. The Labute approximate surface area is 171 Å². The van der Waals surface area contributed by atoms with Crippen molar-refractivity contribution in [2.75, 3.05) is 5.32 Å². The third-order valence-corrected chi connectivity index (χ3v) is 5.30. The number of hydrogen-bond donors (Lipinski definition) is 4. The largest absolute Gasteiger partial charge is 0.387 e. The molecule has 1 atom stereocenters. The Balaban J connectivity index is 2.09. The smallest absolute Gasteiger partial charge is 0.252 e. The average Bonchev–Trinajstić information content (AvgIpc) is 2.60. The summed E-state index contributed by atoms with van der Waals surface area (Å²) in [5.74, 6) is -0.607. The summed E-state index contributed by atoms with van der Waals surface area (Å²) in [5.41, 5.74) is 4.90. The summed E-state index contributed by atoms with van der Waals surface area (Å²) in [6, 6.07) is 1.86. The van der Waals surface area contributed by atoms with Crippen molar-refractivity contribution in [1.29, 1.82) is 0 Å².